The number of rotatable bonds is 7. The van der Waals surface area contributed by atoms with Gasteiger partial charge in [-0.05, 0) is 68.3 Å². The van der Waals surface area contributed by atoms with Gasteiger partial charge in [-0.3, -0.25) is 4.79 Å². The molecule has 158 valence electrons. The first kappa shape index (κ1) is 20.5. The van der Waals surface area contributed by atoms with Gasteiger partial charge in [-0.15, -0.1) is 0 Å². The molecule has 0 aliphatic carbocycles. The highest BCUT2D eigenvalue weighted by atomic mass is 16.5. The second-order valence-corrected chi connectivity index (χ2v) is 7.45. The van der Waals surface area contributed by atoms with Crippen LogP contribution in [0.15, 0.2) is 73.1 Å². The van der Waals surface area contributed by atoms with E-state index in [0.29, 0.717) is 12.1 Å². The number of aromatic nitrogens is 3. The molecular formula is C25H26N4O2. The van der Waals surface area contributed by atoms with Gasteiger partial charge in [-0.2, -0.15) is 5.10 Å². The molecule has 1 N–H and O–H groups in total. The molecule has 4 aromatic rings. The molecule has 4 rings (SSSR count). The number of nitrogens with one attached hydrogen (secondary N) is 1. The van der Waals surface area contributed by atoms with E-state index in [1.165, 1.54) is 0 Å². The van der Waals surface area contributed by atoms with Gasteiger partial charge < -0.3 is 14.6 Å². The van der Waals surface area contributed by atoms with Crippen molar-refractivity contribution in [3.63, 3.8) is 0 Å². The lowest BCUT2D eigenvalue weighted by atomic mass is 10.2. The second kappa shape index (κ2) is 8.92. The Morgan fingerprint density at radius 3 is 2.48 bits per heavy atom. The van der Waals surface area contributed by atoms with Crippen molar-refractivity contribution in [3.05, 3.63) is 95.6 Å². The maximum absolute atomic E-state index is 12.8. The lowest BCUT2D eigenvalue weighted by Gasteiger charge is -2.11. The lowest BCUT2D eigenvalue weighted by molar-refractivity contribution is 0.0953. The van der Waals surface area contributed by atoms with Gasteiger partial charge in [0.2, 0.25) is 0 Å². The molecule has 0 saturated carbocycles. The van der Waals surface area contributed by atoms with E-state index in [2.05, 4.69) is 15.0 Å². The molecule has 2 heterocycles. The third-order valence-corrected chi connectivity index (χ3v) is 5.36. The SMILES string of the molecule is COc1ccc(-n2c(C)cc(C(=O)NCCc3cnn(-c4ccccc4)c3)c2C)cc1. The summed E-state index contributed by atoms with van der Waals surface area (Å²) < 4.78 is 9.17. The fourth-order valence-corrected chi connectivity index (χ4v) is 3.75. The number of ether oxygens (including phenoxy) is 1. The van der Waals surface area contributed by atoms with Crippen LogP contribution in [0.5, 0.6) is 5.75 Å². The van der Waals surface area contributed by atoms with Crippen molar-refractivity contribution in [2.75, 3.05) is 13.7 Å². The normalized spacial score (nSPS) is 10.8. The average molecular weight is 415 g/mol. The maximum atomic E-state index is 12.8. The van der Waals surface area contributed by atoms with Crippen LogP contribution in [0.3, 0.4) is 0 Å². The molecule has 1 amide bonds. The molecule has 0 unspecified atom stereocenters. The van der Waals surface area contributed by atoms with Crippen molar-refractivity contribution in [1.82, 2.24) is 19.7 Å². The van der Waals surface area contributed by atoms with E-state index < -0.39 is 0 Å². The number of hydrogen-bond acceptors (Lipinski definition) is 3. The summed E-state index contributed by atoms with van der Waals surface area (Å²) in [6.45, 7) is 4.52. The van der Waals surface area contributed by atoms with E-state index in [1.54, 1.807) is 7.11 Å². The summed E-state index contributed by atoms with van der Waals surface area (Å²) in [7, 11) is 1.65. The molecule has 0 saturated heterocycles. The largest absolute Gasteiger partial charge is 0.497 e. The molecule has 0 spiro atoms. The number of amides is 1. The zero-order valence-electron chi connectivity index (χ0n) is 18.0. The van der Waals surface area contributed by atoms with Gasteiger partial charge in [0.05, 0.1) is 24.6 Å². The molecular weight excluding hydrogens is 388 g/mol. The molecule has 0 aliphatic rings. The maximum Gasteiger partial charge on any atom is 0.253 e. The summed E-state index contributed by atoms with van der Waals surface area (Å²) in [6.07, 6.45) is 4.56. The highest BCUT2D eigenvalue weighted by Gasteiger charge is 2.16. The third-order valence-electron chi connectivity index (χ3n) is 5.36. The Hall–Kier alpha value is -3.80. The molecule has 0 fully saturated rings. The van der Waals surface area contributed by atoms with Gasteiger partial charge in [0, 0.05) is 29.8 Å². The zero-order chi connectivity index (χ0) is 21.8. The van der Waals surface area contributed by atoms with Crippen LogP contribution in [0.1, 0.15) is 27.3 Å². The lowest BCUT2D eigenvalue weighted by Crippen LogP contribution is -2.26. The number of para-hydroxylation sites is 1. The standard InChI is InChI=1S/C25H26N4O2/c1-18-15-24(19(2)29(18)22-9-11-23(31-3)12-10-22)25(30)26-14-13-20-16-27-28(17-20)21-7-5-4-6-8-21/h4-12,15-17H,13-14H2,1-3H3,(H,26,30). The first-order chi connectivity index (χ1) is 15.1. The van der Waals surface area contributed by atoms with Crippen LogP contribution in [0.25, 0.3) is 11.4 Å². The van der Waals surface area contributed by atoms with E-state index in [-0.39, 0.29) is 5.91 Å². The van der Waals surface area contributed by atoms with Crippen molar-refractivity contribution in [2.45, 2.75) is 20.3 Å². The number of nitrogens with zero attached hydrogens (tertiary/aromatic N) is 3. The minimum absolute atomic E-state index is 0.0664. The van der Waals surface area contributed by atoms with Gasteiger partial charge in [-0.1, -0.05) is 18.2 Å². The van der Waals surface area contributed by atoms with Gasteiger partial charge in [0.1, 0.15) is 5.75 Å². The van der Waals surface area contributed by atoms with Crippen molar-refractivity contribution in [3.8, 4) is 17.1 Å². The summed E-state index contributed by atoms with van der Waals surface area (Å²) in [6, 6.07) is 19.7. The monoisotopic (exact) mass is 414 g/mol. The smallest absolute Gasteiger partial charge is 0.253 e. The number of methoxy groups -OCH3 is 1. The Bertz CT molecular complexity index is 1170. The van der Waals surface area contributed by atoms with Gasteiger partial charge >= 0.3 is 0 Å². The Balaban J connectivity index is 1.41. The minimum Gasteiger partial charge on any atom is -0.497 e. The van der Waals surface area contributed by atoms with Crippen molar-refractivity contribution >= 4 is 5.91 Å². The molecule has 2 aromatic heterocycles. The predicted octanol–water partition coefficient (Wildman–Crippen LogP) is 4.26. The number of carbonyl (C=O) groups excluding carboxylic acids is 1. The van der Waals surface area contributed by atoms with E-state index in [4.69, 9.17) is 4.74 Å². The molecule has 6 heteroatoms. The Labute approximate surface area is 182 Å². The molecule has 31 heavy (non-hydrogen) atoms. The van der Waals surface area contributed by atoms with Crippen LogP contribution in [-0.2, 0) is 6.42 Å². The number of aryl methyl sites for hydroxylation is 1. The fraction of sp³-hybridized carbons (Fsp3) is 0.200. The number of benzene rings is 2. The van der Waals surface area contributed by atoms with Gasteiger partial charge in [-0.25, -0.2) is 4.68 Å². The predicted molar refractivity (Wildman–Crippen MR) is 121 cm³/mol. The zero-order valence-corrected chi connectivity index (χ0v) is 18.0. The quantitative estimate of drug-likeness (QED) is 0.492. The summed E-state index contributed by atoms with van der Waals surface area (Å²) in [5.74, 6) is 0.739. The summed E-state index contributed by atoms with van der Waals surface area (Å²) in [5, 5.41) is 7.45. The third kappa shape index (κ3) is 4.38. The summed E-state index contributed by atoms with van der Waals surface area (Å²) in [5.41, 5.74) is 5.71. The fourth-order valence-electron chi connectivity index (χ4n) is 3.75. The highest BCUT2D eigenvalue weighted by Crippen LogP contribution is 2.22. The first-order valence-electron chi connectivity index (χ1n) is 10.3. The minimum atomic E-state index is -0.0664. The molecule has 0 aliphatic heterocycles. The van der Waals surface area contributed by atoms with Crippen molar-refractivity contribution in [1.29, 1.82) is 0 Å². The van der Waals surface area contributed by atoms with Crippen LogP contribution in [-0.4, -0.2) is 33.9 Å². The average Bonchev–Trinajstić information content (AvgIpc) is 3.38. The Morgan fingerprint density at radius 2 is 1.77 bits per heavy atom. The molecule has 0 radical (unpaired) electrons. The number of hydrogen-bond donors (Lipinski definition) is 1. The van der Waals surface area contributed by atoms with Crippen molar-refractivity contribution < 1.29 is 9.53 Å². The number of carbonyl (C=O) groups is 1. The highest BCUT2D eigenvalue weighted by molar-refractivity contribution is 5.95. The van der Waals surface area contributed by atoms with Gasteiger partial charge in [0.15, 0.2) is 0 Å². The Morgan fingerprint density at radius 1 is 1.03 bits per heavy atom. The molecule has 2 aromatic carbocycles. The van der Waals surface area contributed by atoms with Crippen molar-refractivity contribution in [2.24, 2.45) is 0 Å². The summed E-state index contributed by atoms with van der Waals surface area (Å²) >= 11 is 0. The van der Waals surface area contributed by atoms with Crippen LogP contribution < -0.4 is 10.1 Å². The first-order valence-corrected chi connectivity index (χ1v) is 10.3. The van der Waals surface area contributed by atoms with E-state index in [0.717, 1.165) is 40.5 Å². The molecule has 6 nitrogen and oxygen atoms in total. The van der Waals surface area contributed by atoms with Crippen LogP contribution >= 0.6 is 0 Å². The van der Waals surface area contributed by atoms with Crippen LogP contribution in [0.2, 0.25) is 0 Å². The van der Waals surface area contributed by atoms with E-state index in [1.807, 2.05) is 91.6 Å². The second-order valence-electron chi connectivity index (χ2n) is 7.45. The Kier molecular flexibility index (Phi) is 5.89. The van der Waals surface area contributed by atoms with E-state index in [9.17, 15) is 4.79 Å². The molecule has 0 atom stereocenters. The van der Waals surface area contributed by atoms with Crippen LogP contribution in [0, 0.1) is 13.8 Å². The van der Waals surface area contributed by atoms with Gasteiger partial charge in [0.25, 0.3) is 5.91 Å². The van der Waals surface area contributed by atoms with Crippen LogP contribution in [0.4, 0.5) is 0 Å². The topological polar surface area (TPSA) is 61.1 Å². The van der Waals surface area contributed by atoms with E-state index >= 15 is 0 Å². The summed E-state index contributed by atoms with van der Waals surface area (Å²) in [4.78, 5) is 12.8. The molecule has 0 bridgehead atoms.